The second-order valence-corrected chi connectivity index (χ2v) is 6.54. The summed E-state index contributed by atoms with van der Waals surface area (Å²) in [6, 6.07) is 9.63. The Morgan fingerprint density at radius 3 is 2.81 bits per heavy atom. The summed E-state index contributed by atoms with van der Waals surface area (Å²) in [5.74, 6) is -1.18. The van der Waals surface area contributed by atoms with Crippen LogP contribution < -0.4 is 5.73 Å². The Bertz CT molecular complexity index is 1050. The Hall–Kier alpha value is -3.04. The highest BCUT2D eigenvalue weighted by atomic mass is 35.5. The minimum Gasteiger partial charge on any atom is -0.463 e. The molecule has 6 nitrogen and oxygen atoms in total. The molecule has 3 rings (SSSR count). The number of nitriles is 1. The van der Waals surface area contributed by atoms with Crippen LogP contribution in [-0.2, 0) is 14.3 Å². The number of aryl methyl sites for hydroxylation is 1. The molecular formula is C20H18ClN3O3. The highest BCUT2D eigenvalue weighted by molar-refractivity contribution is 6.30. The average Bonchev–Trinajstić information content (AvgIpc) is 2.60. The van der Waals surface area contributed by atoms with Gasteiger partial charge in [-0.1, -0.05) is 23.7 Å². The van der Waals surface area contributed by atoms with Crippen molar-refractivity contribution in [3.8, 4) is 6.07 Å². The van der Waals surface area contributed by atoms with Crippen LogP contribution in [0.1, 0.15) is 30.9 Å². The fourth-order valence-electron chi connectivity index (χ4n) is 3.14. The van der Waals surface area contributed by atoms with Gasteiger partial charge in [0.2, 0.25) is 5.88 Å². The maximum absolute atomic E-state index is 12.6. The first-order chi connectivity index (χ1) is 12.9. The number of fused-ring (bicyclic) bond motifs is 1. The molecule has 0 saturated heterocycles. The summed E-state index contributed by atoms with van der Waals surface area (Å²) in [7, 11) is 0. The van der Waals surface area contributed by atoms with E-state index in [0.717, 1.165) is 16.5 Å². The van der Waals surface area contributed by atoms with E-state index in [1.54, 1.807) is 13.8 Å². The second kappa shape index (κ2) is 7.29. The van der Waals surface area contributed by atoms with Crippen molar-refractivity contribution < 1.29 is 14.3 Å². The SMILES string of the molecule is CCOC(=O)C1=C(C)OC(N)=C(C#N)[C@H]1c1cc2ccc(C)cc2nc1Cl. The molecular weight excluding hydrogens is 366 g/mol. The number of pyridine rings is 1. The molecule has 1 atom stereocenters. The van der Waals surface area contributed by atoms with Crippen LogP contribution in [-0.4, -0.2) is 17.6 Å². The monoisotopic (exact) mass is 383 g/mol. The van der Waals surface area contributed by atoms with Crippen LogP contribution >= 0.6 is 11.6 Å². The van der Waals surface area contributed by atoms with Crippen molar-refractivity contribution in [2.24, 2.45) is 5.73 Å². The number of rotatable bonds is 3. The predicted molar refractivity (Wildman–Crippen MR) is 101 cm³/mol. The zero-order valence-corrected chi connectivity index (χ0v) is 15.9. The summed E-state index contributed by atoms with van der Waals surface area (Å²) in [6.07, 6.45) is 0. The number of nitrogens with zero attached hydrogens (tertiary/aromatic N) is 2. The molecule has 0 fully saturated rings. The third-order valence-corrected chi connectivity index (χ3v) is 4.67. The van der Waals surface area contributed by atoms with Crippen LogP contribution in [0.15, 0.2) is 47.1 Å². The van der Waals surface area contributed by atoms with Crippen LogP contribution in [0.2, 0.25) is 5.15 Å². The number of carbonyl (C=O) groups excluding carboxylic acids is 1. The van der Waals surface area contributed by atoms with Crippen LogP contribution in [0, 0.1) is 18.3 Å². The van der Waals surface area contributed by atoms with Crippen molar-refractivity contribution in [3.05, 3.63) is 63.3 Å². The quantitative estimate of drug-likeness (QED) is 0.638. The minimum atomic E-state index is -0.812. The molecule has 1 aromatic heterocycles. The molecule has 0 radical (unpaired) electrons. The number of benzene rings is 1. The lowest BCUT2D eigenvalue weighted by Gasteiger charge is -2.27. The first-order valence-corrected chi connectivity index (χ1v) is 8.77. The number of esters is 1. The van der Waals surface area contributed by atoms with Crippen molar-refractivity contribution in [1.82, 2.24) is 4.98 Å². The van der Waals surface area contributed by atoms with Gasteiger partial charge in [0.1, 0.15) is 22.6 Å². The van der Waals surface area contributed by atoms with E-state index in [-0.39, 0.29) is 34.5 Å². The second-order valence-electron chi connectivity index (χ2n) is 6.18. The lowest BCUT2D eigenvalue weighted by atomic mass is 9.83. The third-order valence-electron chi connectivity index (χ3n) is 4.37. The molecule has 7 heteroatoms. The summed E-state index contributed by atoms with van der Waals surface area (Å²) >= 11 is 6.45. The molecule has 0 amide bonds. The molecule has 2 N–H and O–H groups in total. The number of ether oxygens (including phenoxy) is 2. The van der Waals surface area contributed by atoms with Gasteiger partial charge in [-0.05, 0) is 38.5 Å². The summed E-state index contributed by atoms with van der Waals surface area (Å²) < 4.78 is 10.6. The van der Waals surface area contributed by atoms with Gasteiger partial charge in [0, 0.05) is 10.9 Å². The molecule has 0 aliphatic carbocycles. The van der Waals surface area contributed by atoms with E-state index in [9.17, 15) is 10.1 Å². The first kappa shape index (κ1) is 18.7. The number of hydrogen-bond donors (Lipinski definition) is 1. The maximum Gasteiger partial charge on any atom is 0.338 e. The standard InChI is InChI=1S/C20H18ClN3O3/c1-4-26-20(25)16-11(3)27-19(23)14(9-22)17(16)13-8-12-6-5-10(2)7-15(12)24-18(13)21/h5-8,17H,4,23H2,1-3H3/t17-/m1/s1. The fourth-order valence-corrected chi connectivity index (χ4v) is 3.39. The molecule has 138 valence electrons. The average molecular weight is 384 g/mol. The van der Waals surface area contributed by atoms with Gasteiger partial charge >= 0.3 is 5.97 Å². The number of allylic oxidation sites excluding steroid dienone is 2. The summed E-state index contributed by atoms with van der Waals surface area (Å²) in [5.41, 5.74) is 8.48. The van der Waals surface area contributed by atoms with Crippen LogP contribution in [0.25, 0.3) is 10.9 Å². The Morgan fingerprint density at radius 2 is 2.15 bits per heavy atom. The van der Waals surface area contributed by atoms with Crippen LogP contribution in [0.5, 0.6) is 0 Å². The fraction of sp³-hybridized carbons (Fsp3) is 0.250. The van der Waals surface area contributed by atoms with Gasteiger partial charge in [0.25, 0.3) is 0 Å². The van der Waals surface area contributed by atoms with Crippen LogP contribution in [0.4, 0.5) is 0 Å². The summed E-state index contributed by atoms with van der Waals surface area (Å²) in [5, 5.41) is 10.7. The molecule has 2 aromatic rings. The molecule has 27 heavy (non-hydrogen) atoms. The number of halogens is 1. The van der Waals surface area contributed by atoms with Crippen molar-refractivity contribution in [2.45, 2.75) is 26.7 Å². The van der Waals surface area contributed by atoms with E-state index in [4.69, 9.17) is 26.8 Å². The Morgan fingerprint density at radius 1 is 1.41 bits per heavy atom. The minimum absolute atomic E-state index is 0.0619. The molecule has 1 aliphatic heterocycles. The largest absolute Gasteiger partial charge is 0.463 e. The van der Waals surface area contributed by atoms with Gasteiger partial charge in [-0.2, -0.15) is 5.26 Å². The van der Waals surface area contributed by atoms with E-state index in [2.05, 4.69) is 4.98 Å². The predicted octanol–water partition coefficient (Wildman–Crippen LogP) is 3.84. The topological polar surface area (TPSA) is 98.2 Å². The Labute approximate surface area is 161 Å². The zero-order valence-electron chi connectivity index (χ0n) is 15.2. The molecule has 2 heterocycles. The van der Waals surface area contributed by atoms with E-state index in [0.29, 0.717) is 5.56 Å². The zero-order chi connectivity index (χ0) is 19.7. The Kier molecular flexibility index (Phi) is 5.06. The lowest BCUT2D eigenvalue weighted by molar-refractivity contribution is -0.139. The van der Waals surface area contributed by atoms with E-state index >= 15 is 0 Å². The van der Waals surface area contributed by atoms with Gasteiger partial charge in [-0.25, -0.2) is 9.78 Å². The van der Waals surface area contributed by atoms with Crippen molar-refractivity contribution in [3.63, 3.8) is 0 Å². The van der Waals surface area contributed by atoms with E-state index < -0.39 is 11.9 Å². The molecule has 1 aliphatic rings. The van der Waals surface area contributed by atoms with Gasteiger partial charge < -0.3 is 15.2 Å². The van der Waals surface area contributed by atoms with Gasteiger partial charge in [-0.3, -0.25) is 0 Å². The normalized spacial score (nSPS) is 16.9. The number of hydrogen-bond acceptors (Lipinski definition) is 6. The third kappa shape index (κ3) is 3.34. The summed E-state index contributed by atoms with van der Waals surface area (Å²) in [6.45, 7) is 5.46. The van der Waals surface area contributed by atoms with Gasteiger partial charge in [0.05, 0.1) is 23.6 Å². The van der Waals surface area contributed by atoms with E-state index in [1.807, 2.05) is 37.3 Å². The number of nitrogens with two attached hydrogens (primary N) is 1. The van der Waals surface area contributed by atoms with Crippen molar-refractivity contribution in [1.29, 1.82) is 5.26 Å². The van der Waals surface area contributed by atoms with Crippen molar-refractivity contribution in [2.75, 3.05) is 6.61 Å². The maximum atomic E-state index is 12.6. The first-order valence-electron chi connectivity index (χ1n) is 8.39. The lowest BCUT2D eigenvalue weighted by Crippen LogP contribution is -2.25. The molecule has 0 saturated carbocycles. The van der Waals surface area contributed by atoms with Gasteiger partial charge in [-0.15, -0.1) is 0 Å². The molecule has 1 aromatic carbocycles. The van der Waals surface area contributed by atoms with Crippen molar-refractivity contribution >= 4 is 28.5 Å². The summed E-state index contributed by atoms with van der Waals surface area (Å²) in [4.78, 5) is 17.0. The number of aromatic nitrogens is 1. The number of carbonyl (C=O) groups is 1. The smallest absolute Gasteiger partial charge is 0.338 e. The highest BCUT2D eigenvalue weighted by Crippen LogP contribution is 2.42. The van der Waals surface area contributed by atoms with Crippen LogP contribution in [0.3, 0.4) is 0 Å². The molecule has 0 bridgehead atoms. The highest BCUT2D eigenvalue weighted by Gasteiger charge is 2.37. The van der Waals surface area contributed by atoms with E-state index in [1.165, 1.54) is 0 Å². The molecule has 0 spiro atoms. The molecule has 0 unspecified atom stereocenters. The Balaban J connectivity index is 2.26. The van der Waals surface area contributed by atoms with Gasteiger partial charge in [0.15, 0.2) is 0 Å².